The van der Waals surface area contributed by atoms with E-state index in [1.807, 2.05) is 0 Å². The minimum Gasteiger partial charge on any atom is -0.324 e. The number of rotatable bonds is 5. The molecule has 2 N–H and O–H groups in total. The minimum absolute atomic E-state index is 0.0942. The molecule has 0 spiro atoms. The van der Waals surface area contributed by atoms with E-state index in [0.717, 1.165) is 12.1 Å². The lowest BCUT2D eigenvalue weighted by Gasteiger charge is -2.31. The van der Waals surface area contributed by atoms with E-state index in [2.05, 4.69) is 10.6 Å². The zero-order valence-electron chi connectivity index (χ0n) is 18.7. The van der Waals surface area contributed by atoms with Gasteiger partial charge in [0.2, 0.25) is 17.7 Å². The highest BCUT2D eigenvalue weighted by Gasteiger charge is 2.35. The Morgan fingerprint density at radius 3 is 2.62 bits per heavy atom. The summed E-state index contributed by atoms with van der Waals surface area (Å²) in [4.78, 5) is 41.0. The van der Waals surface area contributed by atoms with Crippen LogP contribution in [0.4, 0.5) is 30.2 Å². The molecule has 2 aromatic carbocycles. The third kappa shape index (κ3) is 5.68. The number of para-hydroxylation sites is 2. The third-order valence-corrected chi connectivity index (χ3v) is 5.83. The molecule has 0 fully saturated rings. The van der Waals surface area contributed by atoms with Crippen LogP contribution in [-0.2, 0) is 20.6 Å². The summed E-state index contributed by atoms with van der Waals surface area (Å²) in [5, 5.41) is 4.94. The molecule has 0 saturated heterocycles. The zero-order valence-corrected chi connectivity index (χ0v) is 19.5. The number of carbonyl (C=O) groups excluding carboxylic acids is 3. The van der Waals surface area contributed by atoms with Crippen LogP contribution in [0.15, 0.2) is 42.5 Å². The van der Waals surface area contributed by atoms with Crippen molar-refractivity contribution in [2.75, 3.05) is 29.1 Å². The molecule has 2 aromatic rings. The third-order valence-electron chi connectivity index (χ3n) is 5.60. The molecule has 0 radical (unpaired) electrons. The van der Waals surface area contributed by atoms with Gasteiger partial charge in [0.1, 0.15) is 0 Å². The molecule has 0 unspecified atom stereocenters. The first kappa shape index (κ1) is 25.5. The summed E-state index contributed by atoms with van der Waals surface area (Å²) < 4.78 is 40.0. The van der Waals surface area contributed by atoms with Gasteiger partial charge < -0.3 is 15.5 Å². The first-order chi connectivity index (χ1) is 15.9. The van der Waals surface area contributed by atoms with Gasteiger partial charge in [-0.15, -0.1) is 0 Å². The Morgan fingerprint density at radius 2 is 1.94 bits per heavy atom. The van der Waals surface area contributed by atoms with Gasteiger partial charge in [-0.05, 0) is 51.2 Å². The average molecular weight is 497 g/mol. The van der Waals surface area contributed by atoms with Crippen molar-refractivity contribution in [3.63, 3.8) is 0 Å². The van der Waals surface area contributed by atoms with Crippen LogP contribution >= 0.6 is 11.6 Å². The molecule has 0 aliphatic carbocycles. The second-order valence-electron chi connectivity index (χ2n) is 8.15. The van der Waals surface area contributed by atoms with E-state index in [0.29, 0.717) is 11.4 Å². The van der Waals surface area contributed by atoms with Crippen molar-refractivity contribution in [3.05, 3.63) is 53.1 Å². The van der Waals surface area contributed by atoms with E-state index < -0.39 is 35.4 Å². The summed E-state index contributed by atoms with van der Waals surface area (Å²) >= 11 is 5.68. The second-order valence-corrected chi connectivity index (χ2v) is 8.59. The van der Waals surface area contributed by atoms with Gasteiger partial charge >= 0.3 is 6.18 Å². The number of hydrogen-bond acceptors (Lipinski definition) is 4. The number of anilines is 3. The molecule has 7 nitrogen and oxygen atoms in total. The lowest BCUT2D eigenvalue weighted by molar-refractivity contribution is -0.137. The van der Waals surface area contributed by atoms with Crippen LogP contribution in [0.1, 0.15) is 25.8 Å². The SMILES string of the molecule is C[C@@H](C(=O)Nc1ccc(Cl)cc1C(F)(F)F)N(C)CC(=O)N1c2ccccc2NC(=O)C[C@@H]1C. The highest BCUT2D eigenvalue weighted by atomic mass is 35.5. The lowest BCUT2D eigenvalue weighted by atomic mass is 10.1. The fourth-order valence-corrected chi connectivity index (χ4v) is 3.86. The van der Waals surface area contributed by atoms with Crippen LogP contribution in [0.25, 0.3) is 0 Å². The predicted octanol–water partition coefficient (Wildman–Crippen LogP) is 4.38. The van der Waals surface area contributed by atoms with Crippen molar-refractivity contribution in [1.82, 2.24) is 4.90 Å². The Kier molecular flexibility index (Phi) is 7.52. The van der Waals surface area contributed by atoms with Gasteiger partial charge in [-0.2, -0.15) is 13.2 Å². The second kappa shape index (κ2) is 10.0. The van der Waals surface area contributed by atoms with E-state index in [1.54, 1.807) is 31.2 Å². The summed E-state index contributed by atoms with van der Waals surface area (Å²) in [5.74, 6) is -1.30. The van der Waals surface area contributed by atoms with E-state index in [1.165, 1.54) is 29.8 Å². The Labute approximate surface area is 199 Å². The quantitative estimate of drug-likeness (QED) is 0.643. The number of amides is 3. The van der Waals surface area contributed by atoms with E-state index in [-0.39, 0.29) is 29.8 Å². The van der Waals surface area contributed by atoms with Crippen LogP contribution in [-0.4, -0.2) is 48.3 Å². The number of carbonyl (C=O) groups is 3. The van der Waals surface area contributed by atoms with Crippen molar-refractivity contribution in [3.8, 4) is 0 Å². The van der Waals surface area contributed by atoms with Crippen LogP contribution in [0.5, 0.6) is 0 Å². The monoisotopic (exact) mass is 496 g/mol. The van der Waals surface area contributed by atoms with Crippen LogP contribution < -0.4 is 15.5 Å². The molecule has 11 heteroatoms. The number of benzene rings is 2. The summed E-state index contributed by atoms with van der Waals surface area (Å²) in [5.41, 5.74) is -0.451. The summed E-state index contributed by atoms with van der Waals surface area (Å²) in [7, 11) is 1.52. The van der Waals surface area contributed by atoms with Crippen LogP contribution in [0, 0.1) is 0 Å². The number of nitrogens with zero attached hydrogens (tertiary/aromatic N) is 2. The molecular weight excluding hydrogens is 473 g/mol. The van der Waals surface area contributed by atoms with Crippen molar-refractivity contribution >= 4 is 46.4 Å². The van der Waals surface area contributed by atoms with E-state index >= 15 is 0 Å². The Hall–Kier alpha value is -3.11. The number of nitrogens with one attached hydrogen (secondary N) is 2. The van der Waals surface area contributed by atoms with Crippen molar-refractivity contribution in [1.29, 1.82) is 0 Å². The molecule has 3 amide bonds. The lowest BCUT2D eigenvalue weighted by Crippen LogP contribution is -2.48. The van der Waals surface area contributed by atoms with Gasteiger partial charge in [0, 0.05) is 17.5 Å². The summed E-state index contributed by atoms with van der Waals surface area (Å²) in [6.45, 7) is 3.03. The van der Waals surface area contributed by atoms with Gasteiger partial charge in [0.25, 0.3) is 0 Å². The molecule has 182 valence electrons. The summed E-state index contributed by atoms with van der Waals surface area (Å²) in [6.07, 6.45) is -4.61. The molecule has 1 heterocycles. The number of hydrogen-bond donors (Lipinski definition) is 2. The van der Waals surface area contributed by atoms with E-state index in [9.17, 15) is 27.6 Å². The normalized spacial score (nSPS) is 17.0. The first-order valence-electron chi connectivity index (χ1n) is 10.5. The largest absolute Gasteiger partial charge is 0.418 e. The Bertz CT molecular complexity index is 1110. The Balaban J connectivity index is 1.75. The van der Waals surface area contributed by atoms with Crippen LogP contribution in [0.3, 0.4) is 0 Å². The standard InChI is InChI=1S/C23H24ClF3N4O3/c1-13-10-20(32)28-18-6-4-5-7-19(18)31(13)21(33)12-30(3)14(2)22(34)29-17-9-8-15(24)11-16(17)23(25,26)27/h4-9,11,13-14H,10,12H2,1-3H3,(H,28,32)(H,29,34)/t13-,14-/m0/s1. The molecule has 1 aliphatic heterocycles. The highest BCUT2D eigenvalue weighted by Crippen LogP contribution is 2.36. The van der Waals surface area contributed by atoms with Crippen LogP contribution in [0.2, 0.25) is 5.02 Å². The minimum atomic E-state index is -4.71. The first-order valence-corrected chi connectivity index (χ1v) is 10.8. The fourth-order valence-electron chi connectivity index (χ4n) is 3.69. The maximum atomic E-state index is 13.3. The number of likely N-dealkylation sites (N-methyl/N-ethyl adjacent to an activating group) is 1. The van der Waals surface area contributed by atoms with Crippen molar-refractivity contribution < 1.29 is 27.6 Å². The molecule has 3 rings (SSSR count). The van der Waals surface area contributed by atoms with Gasteiger partial charge in [-0.25, -0.2) is 0 Å². The maximum absolute atomic E-state index is 13.3. The summed E-state index contributed by atoms with van der Waals surface area (Å²) in [6, 6.07) is 8.59. The number of halogens is 4. The zero-order chi connectivity index (χ0) is 25.2. The number of fused-ring (bicyclic) bond motifs is 1. The highest BCUT2D eigenvalue weighted by molar-refractivity contribution is 6.30. The fraction of sp³-hybridized carbons (Fsp3) is 0.348. The average Bonchev–Trinajstić information content (AvgIpc) is 2.87. The van der Waals surface area contributed by atoms with E-state index in [4.69, 9.17) is 11.6 Å². The molecule has 34 heavy (non-hydrogen) atoms. The predicted molar refractivity (Wildman–Crippen MR) is 124 cm³/mol. The smallest absolute Gasteiger partial charge is 0.324 e. The molecule has 1 aliphatic rings. The van der Waals surface area contributed by atoms with Crippen molar-refractivity contribution in [2.45, 2.75) is 38.5 Å². The van der Waals surface area contributed by atoms with Gasteiger partial charge in [0.15, 0.2) is 0 Å². The molecule has 2 atom stereocenters. The van der Waals surface area contributed by atoms with Gasteiger partial charge in [-0.3, -0.25) is 19.3 Å². The van der Waals surface area contributed by atoms with Crippen molar-refractivity contribution in [2.24, 2.45) is 0 Å². The Morgan fingerprint density at radius 1 is 1.26 bits per heavy atom. The molecule has 0 aromatic heterocycles. The molecule has 0 saturated carbocycles. The maximum Gasteiger partial charge on any atom is 0.418 e. The molecule has 0 bridgehead atoms. The molecular formula is C23H24ClF3N4O3. The topological polar surface area (TPSA) is 81.8 Å². The number of alkyl halides is 3. The van der Waals surface area contributed by atoms with Gasteiger partial charge in [-0.1, -0.05) is 23.7 Å². The van der Waals surface area contributed by atoms with Gasteiger partial charge in [0.05, 0.1) is 35.2 Å².